The number of aromatic nitrogens is 1. The monoisotopic (exact) mass is 637 g/mol. The third kappa shape index (κ3) is 9.96. The van der Waals surface area contributed by atoms with Crippen molar-refractivity contribution in [1.82, 2.24) is 26.0 Å². The second-order valence-electron chi connectivity index (χ2n) is 14.1. The van der Waals surface area contributed by atoms with E-state index in [1.165, 1.54) is 0 Å². The van der Waals surface area contributed by atoms with Crippen LogP contribution in [0.1, 0.15) is 89.0 Å². The van der Waals surface area contributed by atoms with Gasteiger partial charge in [0.15, 0.2) is 17.2 Å². The van der Waals surface area contributed by atoms with E-state index in [4.69, 9.17) is 9.26 Å². The van der Waals surface area contributed by atoms with Gasteiger partial charge in [-0.2, -0.15) is 0 Å². The number of ketones is 1. The van der Waals surface area contributed by atoms with Gasteiger partial charge in [-0.3, -0.25) is 24.1 Å². The Labute approximate surface area is 272 Å². The quantitative estimate of drug-likeness (QED) is 0.253. The fourth-order valence-electron chi connectivity index (χ4n) is 5.79. The second kappa shape index (κ2) is 15.8. The van der Waals surface area contributed by atoms with Crippen LogP contribution in [0.25, 0.3) is 0 Å². The van der Waals surface area contributed by atoms with E-state index in [2.05, 4.69) is 32.9 Å². The molecule has 2 aromatic rings. The molecule has 1 saturated heterocycles. The van der Waals surface area contributed by atoms with Gasteiger partial charge >= 0.3 is 0 Å². The number of carbonyl (C=O) groups excluding carboxylic acids is 4. The summed E-state index contributed by atoms with van der Waals surface area (Å²) in [5, 5.41) is 12.7. The number of nitrogens with zero attached hydrogens (tertiary/aromatic N) is 2. The maximum absolute atomic E-state index is 13.8. The molecule has 4 rings (SSSR count). The number of benzene rings is 1. The summed E-state index contributed by atoms with van der Waals surface area (Å²) in [6, 6.07) is 8.72. The minimum Gasteiger partial charge on any atom is -0.379 e. The van der Waals surface area contributed by atoms with Gasteiger partial charge in [-0.1, -0.05) is 70.1 Å². The van der Waals surface area contributed by atoms with Crippen molar-refractivity contribution >= 4 is 23.5 Å². The van der Waals surface area contributed by atoms with Gasteiger partial charge in [0, 0.05) is 30.5 Å². The molecule has 0 spiro atoms. The van der Waals surface area contributed by atoms with Gasteiger partial charge in [0.1, 0.15) is 12.1 Å². The van der Waals surface area contributed by atoms with Gasteiger partial charge in [0.25, 0.3) is 5.91 Å². The molecule has 0 radical (unpaired) electrons. The maximum Gasteiger partial charge on any atom is 0.274 e. The van der Waals surface area contributed by atoms with E-state index in [0.717, 1.165) is 24.9 Å². The molecule has 1 aromatic carbocycles. The Kier molecular flexibility index (Phi) is 12.1. The van der Waals surface area contributed by atoms with Crippen molar-refractivity contribution in [2.45, 2.75) is 104 Å². The molecule has 2 fully saturated rings. The van der Waals surface area contributed by atoms with E-state index in [0.29, 0.717) is 38.4 Å². The lowest BCUT2D eigenvalue weighted by atomic mass is 9.91. The number of hydrogen-bond donors (Lipinski definition) is 3. The average Bonchev–Trinajstić information content (AvgIpc) is 3.58. The van der Waals surface area contributed by atoms with Crippen molar-refractivity contribution in [2.24, 2.45) is 17.3 Å². The van der Waals surface area contributed by atoms with Gasteiger partial charge < -0.3 is 25.2 Å². The van der Waals surface area contributed by atoms with Crippen LogP contribution in [0.2, 0.25) is 0 Å². The third-order valence-electron chi connectivity index (χ3n) is 8.84. The summed E-state index contributed by atoms with van der Waals surface area (Å²) in [6.07, 6.45) is 2.72. The predicted octanol–water partition coefficient (Wildman–Crippen LogP) is 3.67. The van der Waals surface area contributed by atoms with Gasteiger partial charge in [-0.05, 0) is 50.0 Å². The number of nitrogens with one attached hydrogen (secondary N) is 3. The SMILES string of the molecule is CC(C)C[C@H](NC(=O)c1cc(CN2CCOC[C@@H]2C)on1)C(=O)N[C@@H](Cc1ccccc1)C(=O)N[C@@H](CC(C)C)C(=O)C1(C)CC1. The van der Waals surface area contributed by atoms with E-state index < -0.39 is 41.3 Å². The van der Waals surface area contributed by atoms with E-state index in [-0.39, 0.29) is 35.8 Å². The zero-order valence-electron chi connectivity index (χ0n) is 28.1. The molecule has 4 atom stereocenters. The first-order valence-corrected chi connectivity index (χ1v) is 16.6. The summed E-state index contributed by atoms with van der Waals surface area (Å²) in [4.78, 5) is 56.4. The first kappa shape index (κ1) is 35.3. The summed E-state index contributed by atoms with van der Waals surface area (Å²) in [7, 11) is 0. The lowest BCUT2D eigenvalue weighted by Crippen LogP contribution is -2.57. The minimum absolute atomic E-state index is 0.0411. The van der Waals surface area contributed by atoms with Crippen LogP contribution in [0.5, 0.6) is 0 Å². The standard InChI is InChI=1S/C35H51N5O6/c1-22(2)16-27(31(41)35(6)12-13-35)36-33(43)29(18-25-10-8-7-9-11-25)38-32(42)28(17-23(3)4)37-34(44)30-19-26(46-39-30)20-40-14-15-45-21-24(40)5/h7-11,19,22-24,27-29H,12-18,20-21H2,1-6H3,(H,36,43)(H,37,44)(H,38,42)/t24-,27-,28-,29-/m0/s1. The summed E-state index contributed by atoms with van der Waals surface area (Å²) >= 11 is 0. The summed E-state index contributed by atoms with van der Waals surface area (Å²) < 4.78 is 11.0. The average molecular weight is 638 g/mol. The highest BCUT2D eigenvalue weighted by Crippen LogP contribution is 2.47. The zero-order chi connectivity index (χ0) is 33.4. The van der Waals surface area contributed by atoms with Crippen LogP contribution in [-0.4, -0.2) is 77.5 Å². The molecule has 1 aliphatic carbocycles. The van der Waals surface area contributed by atoms with Gasteiger partial charge in [-0.15, -0.1) is 0 Å². The number of amides is 3. The number of hydrogen-bond acceptors (Lipinski definition) is 8. The number of rotatable bonds is 16. The first-order valence-electron chi connectivity index (χ1n) is 16.6. The molecule has 1 saturated carbocycles. The van der Waals surface area contributed by atoms with Crippen LogP contribution in [0.4, 0.5) is 0 Å². The van der Waals surface area contributed by atoms with Crippen LogP contribution in [0, 0.1) is 17.3 Å². The largest absolute Gasteiger partial charge is 0.379 e. The maximum atomic E-state index is 13.8. The van der Waals surface area contributed by atoms with Crippen molar-refractivity contribution < 1.29 is 28.4 Å². The highest BCUT2D eigenvalue weighted by Gasteiger charge is 2.48. The van der Waals surface area contributed by atoms with Crippen molar-refractivity contribution in [3.8, 4) is 0 Å². The highest BCUT2D eigenvalue weighted by molar-refractivity contribution is 5.98. The Hall–Kier alpha value is -3.57. The van der Waals surface area contributed by atoms with Crippen LogP contribution in [0.3, 0.4) is 0 Å². The fourth-order valence-corrected chi connectivity index (χ4v) is 5.79. The number of Topliss-reactive ketones (excluding diaryl/α,β-unsaturated/α-hetero) is 1. The topological polar surface area (TPSA) is 143 Å². The number of carbonyl (C=O) groups is 4. The summed E-state index contributed by atoms with van der Waals surface area (Å²) in [5.74, 6) is -0.582. The van der Waals surface area contributed by atoms with Crippen LogP contribution in [0.15, 0.2) is 40.9 Å². The molecule has 3 amide bonds. The van der Waals surface area contributed by atoms with Crippen molar-refractivity contribution in [2.75, 3.05) is 19.8 Å². The van der Waals surface area contributed by atoms with E-state index in [1.54, 1.807) is 6.07 Å². The molecule has 2 heterocycles. The molecule has 0 bridgehead atoms. The number of ether oxygens (including phenoxy) is 1. The molecule has 3 N–H and O–H groups in total. The van der Waals surface area contributed by atoms with E-state index in [1.807, 2.05) is 65.0 Å². The second-order valence-corrected chi connectivity index (χ2v) is 14.1. The predicted molar refractivity (Wildman–Crippen MR) is 174 cm³/mol. The normalized spacial score (nSPS) is 19.7. The molecule has 2 aliphatic rings. The molecule has 1 aromatic heterocycles. The smallest absolute Gasteiger partial charge is 0.274 e. The molecule has 252 valence electrons. The summed E-state index contributed by atoms with van der Waals surface area (Å²) in [5.41, 5.74) is 0.539. The molecule has 46 heavy (non-hydrogen) atoms. The highest BCUT2D eigenvalue weighted by atomic mass is 16.5. The molecule has 0 unspecified atom stereocenters. The lowest BCUT2D eigenvalue weighted by Gasteiger charge is -2.32. The number of morpholine rings is 1. The van der Waals surface area contributed by atoms with E-state index >= 15 is 0 Å². The zero-order valence-corrected chi connectivity index (χ0v) is 28.1. The Morgan fingerprint density at radius 2 is 1.57 bits per heavy atom. The molecule has 11 heteroatoms. The van der Waals surface area contributed by atoms with Gasteiger partial charge in [0.05, 0.1) is 25.8 Å². The Balaban J connectivity index is 1.47. The molecular weight excluding hydrogens is 586 g/mol. The van der Waals surface area contributed by atoms with Crippen molar-refractivity contribution in [3.05, 3.63) is 53.4 Å². The Morgan fingerprint density at radius 1 is 0.935 bits per heavy atom. The van der Waals surface area contributed by atoms with E-state index in [9.17, 15) is 19.2 Å². The lowest BCUT2D eigenvalue weighted by molar-refractivity contribution is -0.133. The third-order valence-corrected chi connectivity index (χ3v) is 8.84. The summed E-state index contributed by atoms with van der Waals surface area (Å²) in [6.45, 7) is 14.5. The molecule has 1 aliphatic heterocycles. The van der Waals surface area contributed by atoms with Gasteiger partial charge in [0.2, 0.25) is 11.8 Å². The first-order chi connectivity index (χ1) is 21.8. The van der Waals surface area contributed by atoms with Crippen molar-refractivity contribution in [3.63, 3.8) is 0 Å². The Bertz CT molecular complexity index is 1340. The van der Waals surface area contributed by atoms with Crippen LogP contribution < -0.4 is 16.0 Å². The molecule has 11 nitrogen and oxygen atoms in total. The Morgan fingerprint density at radius 3 is 2.20 bits per heavy atom. The minimum atomic E-state index is -0.954. The molecular formula is C35H51N5O6. The van der Waals surface area contributed by atoms with Crippen LogP contribution in [-0.2, 0) is 32.1 Å². The van der Waals surface area contributed by atoms with Gasteiger partial charge in [-0.25, -0.2) is 0 Å². The van der Waals surface area contributed by atoms with Crippen LogP contribution >= 0.6 is 0 Å². The fraction of sp³-hybridized carbons (Fsp3) is 0.629. The van der Waals surface area contributed by atoms with Crippen molar-refractivity contribution in [1.29, 1.82) is 0 Å².